The van der Waals surface area contributed by atoms with Gasteiger partial charge in [-0.25, -0.2) is 19.6 Å². The Morgan fingerprint density at radius 1 is 0.605 bits per heavy atom. The molecule has 2 aliphatic heterocycles. The van der Waals surface area contributed by atoms with Gasteiger partial charge >= 0.3 is 11.9 Å². The van der Waals surface area contributed by atoms with Crippen LogP contribution in [-0.2, 0) is 9.47 Å². The molecule has 8 heteroatoms. The highest BCUT2D eigenvalue weighted by Gasteiger charge is 2.27. The van der Waals surface area contributed by atoms with E-state index in [4.69, 9.17) is 9.47 Å². The molecular formula is C30H26N4O4. The van der Waals surface area contributed by atoms with Crippen molar-refractivity contribution in [2.45, 2.75) is 13.8 Å². The number of hydrogen-bond donors (Lipinski definition) is 2. The highest BCUT2D eigenvalue weighted by molar-refractivity contribution is 6.05. The van der Waals surface area contributed by atoms with Gasteiger partial charge in [-0.15, -0.1) is 0 Å². The molecule has 0 amide bonds. The van der Waals surface area contributed by atoms with E-state index >= 15 is 0 Å². The topological polar surface area (TPSA) is 102 Å². The van der Waals surface area contributed by atoms with Gasteiger partial charge in [0.2, 0.25) is 0 Å². The molecule has 2 heterocycles. The van der Waals surface area contributed by atoms with Crippen LogP contribution in [0.2, 0.25) is 0 Å². The first-order valence-electron chi connectivity index (χ1n) is 12.4. The number of anilines is 4. The normalized spacial score (nSPS) is 10.8. The number of para-hydroxylation sites is 2. The van der Waals surface area contributed by atoms with E-state index in [1.54, 1.807) is 13.8 Å². The Labute approximate surface area is 220 Å². The average Bonchev–Trinajstić information content (AvgIpc) is 3.19. The molecule has 0 saturated heterocycles. The van der Waals surface area contributed by atoms with Crippen LogP contribution < -0.4 is 10.6 Å². The third kappa shape index (κ3) is 4.84. The summed E-state index contributed by atoms with van der Waals surface area (Å²) in [5, 5.41) is 6.59. The highest BCUT2D eigenvalue weighted by atomic mass is 16.5. The van der Waals surface area contributed by atoms with Crippen LogP contribution in [0.1, 0.15) is 34.6 Å². The number of benzene rings is 1. The molecule has 38 heavy (non-hydrogen) atoms. The molecule has 0 atom stereocenters. The van der Waals surface area contributed by atoms with Crippen LogP contribution in [0.5, 0.6) is 0 Å². The summed E-state index contributed by atoms with van der Waals surface area (Å²) in [4.78, 5) is 35.2. The smallest absolute Gasteiger partial charge is 0.342 e. The van der Waals surface area contributed by atoms with Crippen molar-refractivity contribution in [1.82, 2.24) is 9.97 Å². The quantitative estimate of drug-likeness (QED) is 0.229. The van der Waals surface area contributed by atoms with Crippen LogP contribution >= 0.6 is 0 Å². The van der Waals surface area contributed by atoms with Gasteiger partial charge in [-0.05, 0) is 38.1 Å². The van der Waals surface area contributed by atoms with Crippen molar-refractivity contribution in [3.8, 4) is 22.5 Å². The lowest BCUT2D eigenvalue weighted by Gasteiger charge is -2.13. The van der Waals surface area contributed by atoms with Crippen molar-refractivity contribution < 1.29 is 19.1 Å². The van der Waals surface area contributed by atoms with Crippen LogP contribution in [0.25, 0.3) is 22.5 Å². The summed E-state index contributed by atoms with van der Waals surface area (Å²) in [5.74, 6) is -0.180. The van der Waals surface area contributed by atoms with E-state index in [0.29, 0.717) is 56.7 Å². The van der Waals surface area contributed by atoms with E-state index < -0.39 is 11.9 Å². The first-order valence-corrected chi connectivity index (χ1v) is 12.4. The van der Waals surface area contributed by atoms with Gasteiger partial charge in [-0.1, -0.05) is 60.7 Å². The van der Waals surface area contributed by atoms with Crippen LogP contribution in [0, 0.1) is 0 Å². The summed E-state index contributed by atoms with van der Waals surface area (Å²) in [6.07, 6.45) is 0. The van der Waals surface area contributed by atoms with Crippen molar-refractivity contribution in [3.63, 3.8) is 0 Å². The van der Waals surface area contributed by atoms with E-state index in [-0.39, 0.29) is 13.2 Å². The Morgan fingerprint density at radius 3 is 1.42 bits per heavy atom. The maximum Gasteiger partial charge on any atom is 0.342 e. The Kier molecular flexibility index (Phi) is 7.13. The molecule has 0 unspecified atom stereocenters. The molecule has 0 aromatic heterocycles. The SMILES string of the molecule is CCOC(=O)c1c2cccccc-2nc1Nc1ccccc1Nc1nc2cccccc-2c1C(=O)OCC. The number of ether oxygens (including phenoxy) is 2. The average molecular weight is 507 g/mol. The van der Waals surface area contributed by atoms with E-state index in [1.165, 1.54) is 0 Å². The van der Waals surface area contributed by atoms with Gasteiger partial charge in [-0.3, -0.25) is 0 Å². The number of rotatable bonds is 8. The number of nitrogens with one attached hydrogen (secondary N) is 2. The predicted molar refractivity (Wildman–Crippen MR) is 147 cm³/mol. The summed E-state index contributed by atoms with van der Waals surface area (Å²) in [7, 11) is 0. The molecule has 2 aliphatic carbocycles. The minimum Gasteiger partial charge on any atom is -0.462 e. The molecule has 0 fully saturated rings. The number of carbonyl (C=O) groups is 2. The Bertz CT molecular complexity index is 1440. The molecule has 0 bridgehead atoms. The number of nitrogens with zero attached hydrogens (tertiary/aromatic N) is 2. The molecule has 0 saturated carbocycles. The Hall–Kier alpha value is -4.98. The monoisotopic (exact) mass is 506 g/mol. The van der Waals surface area contributed by atoms with Gasteiger partial charge in [-0.2, -0.15) is 0 Å². The van der Waals surface area contributed by atoms with E-state index in [2.05, 4.69) is 20.6 Å². The van der Waals surface area contributed by atoms with Gasteiger partial charge in [0, 0.05) is 11.1 Å². The van der Waals surface area contributed by atoms with Crippen LogP contribution in [0.4, 0.5) is 23.0 Å². The van der Waals surface area contributed by atoms with Crippen LogP contribution in [0.3, 0.4) is 0 Å². The minimum atomic E-state index is -0.462. The first-order chi connectivity index (χ1) is 18.6. The Morgan fingerprint density at radius 2 is 1.00 bits per heavy atom. The van der Waals surface area contributed by atoms with Gasteiger partial charge < -0.3 is 20.1 Å². The standard InChI is InChI=1S/C30H26N4O4/c1-3-37-29(35)25-19-13-7-5-9-15-21(19)31-27(25)33-23-17-11-12-18-24(23)34-28-26(30(36)38-4-2)20-14-8-6-10-16-22(20)32-28/h5-18H,3-4H2,1-2H3,(H,31,33)(H,32,34). The lowest BCUT2D eigenvalue weighted by atomic mass is 10.1. The van der Waals surface area contributed by atoms with E-state index in [9.17, 15) is 9.59 Å². The molecule has 4 aliphatic rings. The summed E-state index contributed by atoms with van der Waals surface area (Å²) < 4.78 is 10.7. The number of carbonyl (C=O) groups excluding carboxylic acids is 2. The van der Waals surface area contributed by atoms with Gasteiger partial charge in [0.15, 0.2) is 0 Å². The molecule has 1 aromatic carbocycles. The maximum absolute atomic E-state index is 12.9. The maximum atomic E-state index is 12.9. The third-order valence-electron chi connectivity index (χ3n) is 5.90. The van der Waals surface area contributed by atoms with Crippen molar-refractivity contribution in [1.29, 1.82) is 0 Å². The molecule has 8 nitrogen and oxygen atoms in total. The summed E-state index contributed by atoms with van der Waals surface area (Å²) >= 11 is 0. The van der Waals surface area contributed by atoms with E-state index in [0.717, 1.165) is 0 Å². The van der Waals surface area contributed by atoms with Crippen molar-refractivity contribution in [2.24, 2.45) is 0 Å². The fraction of sp³-hybridized carbons (Fsp3) is 0.133. The molecule has 190 valence electrons. The predicted octanol–water partition coefficient (Wildman–Crippen LogP) is 6.53. The second kappa shape index (κ2) is 11.0. The zero-order valence-electron chi connectivity index (χ0n) is 21.0. The number of aromatic nitrogens is 2. The summed E-state index contributed by atoms with van der Waals surface area (Å²) in [6, 6.07) is 26.0. The van der Waals surface area contributed by atoms with Crippen molar-refractivity contribution >= 4 is 34.9 Å². The molecule has 1 aromatic rings. The molecular weight excluding hydrogens is 480 g/mol. The highest BCUT2D eigenvalue weighted by Crippen LogP contribution is 2.38. The van der Waals surface area contributed by atoms with Crippen molar-refractivity contribution in [3.05, 3.63) is 96.1 Å². The van der Waals surface area contributed by atoms with E-state index in [1.807, 2.05) is 84.9 Å². The second-order valence-corrected chi connectivity index (χ2v) is 8.33. The Balaban J connectivity index is 1.57. The second-order valence-electron chi connectivity index (χ2n) is 8.33. The first kappa shape index (κ1) is 24.7. The largest absolute Gasteiger partial charge is 0.462 e. The van der Waals surface area contributed by atoms with Gasteiger partial charge in [0.25, 0.3) is 0 Å². The fourth-order valence-corrected chi connectivity index (χ4v) is 4.26. The lowest BCUT2D eigenvalue weighted by molar-refractivity contribution is 0.0519. The molecule has 0 spiro atoms. The third-order valence-corrected chi connectivity index (χ3v) is 5.90. The lowest BCUT2D eigenvalue weighted by Crippen LogP contribution is -2.09. The zero-order valence-corrected chi connectivity index (χ0v) is 21.0. The fourth-order valence-electron chi connectivity index (χ4n) is 4.26. The molecule has 5 rings (SSSR count). The number of fused-ring (bicyclic) bond motifs is 2. The van der Waals surface area contributed by atoms with Crippen molar-refractivity contribution in [2.75, 3.05) is 23.8 Å². The number of hydrogen-bond acceptors (Lipinski definition) is 8. The molecule has 2 N–H and O–H groups in total. The number of esters is 2. The van der Waals surface area contributed by atoms with Crippen LogP contribution in [-0.4, -0.2) is 35.1 Å². The zero-order chi connectivity index (χ0) is 26.5. The van der Waals surface area contributed by atoms with Gasteiger partial charge in [0.05, 0.1) is 36.0 Å². The summed E-state index contributed by atoms with van der Waals surface area (Å²) in [6.45, 7) is 4.01. The van der Waals surface area contributed by atoms with Crippen LogP contribution in [0.15, 0.2) is 84.9 Å². The minimum absolute atomic E-state index is 0.243. The van der Waals surface area contributed by atoms with Gasteiger partial charge in [0.1, 0.15) is 22.8 Å². The molecule has 0 radical (unpaired) electrons. The summed E-state index contributed by atoms with van der Waals surface area (Å²) in [5.41, 5.74) is 4.66.